The van der Waals surface area contributed by atoms with E-state index in [9.17, 15) is 13.2 Å². The Labute approximate surface area is 180 Å². The van der Waals surface area contributed by atoms with Crippen molar-refractivity contribution >= 4 is 28.1 Å². The highest BCUT2D eigenvalue weighted by atomic mass is 32.1. The zero-order chi connectivity index (χ0) is 21.6. The summed E-state index contributed by atoms with van der Waals surface area (Å²) in [5.74, 6) is 1.42. The Bertz CT molecular complexity index is 1050. The molecule has 1 saturated carbocycles. The van der Waals surface area contributed by atoms with Crippen LogP contribution in [0.2, 0.25) is 0 Å². The summed E-state index contributed by atoms with van der Waals surface area (Å²) in [5.41, 5.74) is 1.35. The standard InChI is InChI=1S/C19H22F3N7OS/c1-11-8-14(31-27-11)28-9-12-2-3-13(10-28)15(12)24-18-25-16-17(23-5-6-29(16)26-18)30-7-4-19(20,21)22/h5-6,8,12-13,15H,2-4,7,9-10H2,1H3,(H,24,26)/t12-,13+,15-. The summed E-state index contributed by atoms with van der Waals surface area (Å²) in [6.45, 7) is 3.41. The fraction of sp³-hybridized carbons (Fsp3) is 0.579. The predicted octanol–water partition coefficient (Wildman–Crippen LogP) is 3.55. The maximum absolute atomic E-state index is 12.4. The number of ether oxygens (including phenoxy) is 1. The molecular weight excluding hydrogens is 431 g/mol. The number of aromatic nitrogens is 5. The summed E-state index contributed by atoms with van der Waals surface area (Å²) in [7, 11) is 0. The lowest BCUT2D eigenvalue weighted by Gasteiger charge is -2.38. The number of piperidine rings is 1. The lowest BCUT2D eigenvalue weighted by molar-refractivity contribution is -0.139. The van der Waals surface area contributed by atoms with Gasteiger partial charge in [-0.1, -0.05) is 0 Å². The van der Waals surface area contributed by atoms with Crippen LogP contribution in [0.3, 0.4) is 0 Å². The van der Waals surface area contributed by atoms with Gasteiger partial charge in [0.05, 0.1) is 18.7 Å². The van der Waals surface area contributed by atoms with Gasteiger partial charge in [-0.05, 0) is 49.2 Å². The Balaban J connectivity index is 1.28. The molecule has 12 heteroatoms. The maximum Gasteiger partial charge on any atom is 0.392 e. The van der Waals surface area contributed by atoms with Crippen molar-refractivity contribution in [2.75, 3.05) is 29.9 Å². The SMILES string of the molecule is Cc1cc(N2C[C@H]3CC[C@@H](C2)[C@@H]3Nc2nc3c(OCCC(F)(F)F)nccn3n2)sn1. The van der Waals surface area contributed by atoms with Crippen molar-refractivity contribution in [3.05, 3.63) is 24.2 Å². The Hall–Kier alpha value is -2.63. The second-order valence-electron chi connectivity index (χ2n) is 8.13. The highest BCUT2D eigenvalue weighted by molar-refractivity contribution is 7.10. The van der Waals surface area contributed by atoms with Crippen LogP contribution in [-0.4, -0.2) is 55.9 Å². The van der Waals surface area contributed by atoms with Crippen molar-refractivity contribution in [1.82, 2.24) is 24.0 Å². The summed E-state index contributed by atoms with van der Waals surface area (Å²) < 4.78 is 48.3. The van der Waals surface area contributed by atoms with Crippen LogP contribution in [0.25, 0.3) is 5.65 Å². The molecule has 8 nitrogen and oxygen atoms in total. The quantitative estimate of drug-likeness (QED) is 0.611. The van der Waals surface area contributed by atoms with Gasteiger partial charge in [-0.15, -0.1) is 5.10 Å². The van der Waals surface area contributed by atoms with Gasteiger partial charge in [0.25, 0.3) is 5.88 Å². The number of fused-ring (bicyclic) bond motifs is 3. The molecule has 5 rings (SSSR count). The summed E-state index contributed by atoms with van der Waals surface area (Å²) in [6, 6.07) is 2.39. The zero-order valence-electron chi connectivity index (χ0n) is 16.8. The van der Waals surface area contributed by atoms with Gasteiger partial charge in [-0.3, -0.25) is 0 Å². The third kappa shape index (κ3) is 4.25. The number of aryl methyl sites for hydroxylation is 1. The molecule has 1 aliphatic heterocycles. The number of nitrogens with one attached hydrogen (secondary N) is 1. The van der Waals surface area contributed by atoms with Gasteiger partial charge in [-0.25, -0.2) is 9.50 Å². The molecule has 3 atom stereocenters. The summed E-state index contributed by atoms with van der Waals surface area (Å²) in [6.07, 6.45) is -0.0105. The first kappa shape index (κ1) is 20.3. The molecular formula is C19H22F3N7OS. The maximum atomic E-state index is 12.4. The van der Waals surface area contributed by atoms with Crippen molar-refractivity contribution in [2.24, 2.45) is 11.8 Å². The number of alkyl halides is 3. The van der Waals surface area contributed by atoms with Crippen LogP contribution in [0.1, 0.15) is 25.0 Å². The average molecular weight is 453 g/mol. The van der Waals surface area contributed by atoms with E-state index < -0.39 is 19.2 Å². The number of hydrogen-bond acceptors (Lipinski definition) is 8. The van der Waals surface area contributed by atoms with Crippen molar-refractivity contribution < 1.29 is 17.9 Å². The van der Waals surface area contributed by atoms with Crippen molar-refractivity contribution in [3.63, 3.8) is 0 Å². The molecule has 0 amide bonds. The summed E-state index contributed by atoms with van der Waals surface area (Å²) in [5, 5.41) is 9.12. The monoisotopic (exact) mass is 453 g/mol. The second kappa shape index (κ2) is 7.81. The van der Waals surface area contributed by atoms with Crippen LogP contribution in [0.4, 0.5) is 24.1 Å². The van der Waals surface area contributed by atoms with E-state index in [1.54, 1.807) is 17.7 Å². The van der Waals surface area contributed by atoms with Crippen LogP contribution in [0.15, 0.2) is 18.5 Å². The molecule has 0 unspecified atom stereocenters. The Kier molecular flexibility index (Phi) is 5.11. The van der Waals surface area contributed by atoms with E-state index in [4.69, 9.17) is 4.74 Å². The number of nitrogens with zero attached hydrogens (tertiary/aromatic N) is 6. The minimum absolute atomic E-state index is 0.0469. The first-order valence-corrected chi connectivity index (χ1v) is 11.0. The number of anilines is 2. The van der Waals surface area contributed by atoms with Crippen LogP contribution in [0, 0.1) is 18.8 Å². The molecule has 1 N–H and O–H groups in total. The largest absolute Gasteiger partial charge is 0.475 e. The second-order valence-corrected chi connectivity index (χ2v) is 8.91. The minimum atomic E-state index is -4.28. The summed E-state index contributed by atoms with van der Waals surface area (Å²) in [4.78, 5) is 10.9. The van der Waals surface area contributed by atoms with E-state index in [0.717, 1.165) is 31.6 Å². The predicted molar refractivity (Wildman–Crippen MR) is 110 cm³/mol. The molecule has 0 spiro atoms. The summed E-state index contributed by atoms with van der Waals surface area (Å²) >= 11 is 1.54. The molecule has 3 aromatic heterocycles. The number of hydrogen-bond donors (Lipinski definition) is 1. The molecule has 31 heavy (non-hydrogen) atoms. The Morgan fingerprint density at radius 3 is 2.71 bits per heavy atom. The van der Waals surface area contributed by atoms with Crippen molar-refractivity contribution in [2.45, 2.75) is 38.4 Å². The van der Waals surface area contributed by atoms with E-state index in [0.29, 0.717) is 23.4 Å². The van der Waals surface area contributed by atoms with Crippen LogP contribution < -0.4 is 15.0 Å². The molecule has 1 saturated heterocycles. The van der Waals surface area contributed by atoms with Gasteiger partial charge in [-0.2, -0.15) is 22.5 Å². The van der Waals surface area contributed by atoms with Crippen molar-refractivity contribution in [3.8, 4) is 5.88 Å². The Morgan fingerprint density at radius 1 is 1.26 bits per heavy atom. The van der Waals surface area contributed by atoms with E-state index in [1.807, 2.05) is 6.92 Å². The molecule has 3 aromatic rings. The van der Waals surface area contributed by atoms with Gasteiger partial charge >= 0.3 is 6.18 Å². The van der Waals surface area contributed by atoms with E-state index >= 15 is 0 Å². The number of halogens is 3. The van der Waals surface area contributed by atoms with Crippen molar-refractivity contribution in [1.29, 1.82) is 0 Å². The van der Waals surface area contributed by atoms with Gasteiger partial charge in [0, 0.05) is 31.5 Å². The minimum Gasteiger partial charge on any atom is -0.475 e. The molecule has 2 aliphatic rings. The van der Waals surface area contributed by atoms with E-state index in [1.165, 1.54) is 15.7 Å². The normalized spacial score (nSPS) is 23.5. The molecule has 4 heterocycles. The average Bonchev–Trinajstić information content (AvgIpc) is 3.37. The Morgan fingerprint density at radius 2 is 2.03 bits per heavy atom. The smallest absolute Gasteiger partial charge is 0.392 e. The molecule has 2 bridgehead atoms. The lowest BCUT2D eigenvalue weighted by atomic mass is 9.92. The fourth-order valence-corrected chi connectivity index (χ4v) is 5.29. The van der Waals surface area contributed by atoms with Crippen LogP contribution in [-0.2, 0) is 0 Å². The fourth-order valence-electron chi connectivity index (χ4n) is 4.51. The zero-order valence-corrected chi connectivity index (χ0v) is 17.7. The van der Waals surface area contributed by atoms with Gasteiger partial charge in [0.2, 0.25) is 11.6 Å². The topological polar surface area (TPSA) is 80.5 Å². The first-order valence-electron chi connectivity index (χ1n) is 10.2. The lowest BCUT2D eigenvalue weighted by Crippen LogP contribution is -2.48. The van der Waals surface area contributed by atoms with Gasteiger partial charge in [0.1, 0.15) is 5.00 Å². The van der Waals surface area contributed by atoms with Crippen LogP contribution in [0.5, 0.6) is 5.88 Å². The third-order valence-corrected chi connectivity index (χ3v) is 6.85. The molecule has 1 aliphatic carbocycles. The van der Waals surface area contributed by atoms with E-state index in [-0.39, 0.29) is 11.9 Å². The molecule has 0 radical (unpaired) electrons. The first-order chi connectivity index (χ1) is 14.9. The van der Waals surface area contributed by atoms with Crippen LogP contribution >= 0.6 is 11.5 Å². The van der Waals surface area contributed by atoms with E-state index in [2.05, 4.69) is 35.7 Å². The van der Waals surface area contributed by atoms with Gasteiger partial charge in [0.15, 0.2) is 0 Å². The third-order valence-electron chi connectivity index (χ3n) is 5.90. The highest BCUT2D eigenvalue weighted by Gasteiger charge is 2.43. The van der Waals surface area contributed by atoms with Gasteiger partial charge < -0.3 is 15.0 Å². The number of rotatable bonds is 6. The highest BCUT2D eigenvalue weighted by Crippen LogP contribution is 2.41. The molecule has 2 fully saturated rings. The molecule has 0 aromatic carbocycles. The molecule has 166 valence electrons.